The van der Waals surface area contributed by atoms with Crippen LogP contribution in [-0.4, -0.2) is 68.2 Å². The number of rotatable bonds is 4. The van der Waals surface area contributed by atoms with Crippen molar-refractivity contribution in [3.63, 3.8) is 0 Å². The smallest absolute Gasteiger partial charge is 0.292 e. The highest BCUT2D eigenvalue weighted by Gasteiger charge is 2.27. The fourth-order valence-electron chi connectivity index (χ4n) is 3.94. The Labute approximate surface area is 188 Å². The van der Waals surface area contributed by atoms with E-state index in [2.05, 4.69) is 0 Å². The lowest BCUT2D eigenvalue weighted by molar-refractivity contribution is -0.384. The summed E-state index contributed by atoms with van der Waals surface area (Å²) in [5.41, 5.74) is 1.32. The quantitative estimate of drug-likeness (QED) is 0.391. The molecule has 2 aromatic rings. The molecule has 170 valence electrons. The number of nitro groups is 1. The normalized spacial score (nSPS) is 16.9. The van der Waals surface area contributed by atoms with Crippen LogP contribution >= 0.6 is 11.6 Å². The van der Waals surface area contributed by atoms with Gasteiger partial charge in [-0.25, -0.2) is 8.78 Å². The molecule has 32 heavy (non-hydrogen) atoms. The minimum absolute atomic E-state index is 0.0393. The number of benzene rings is 2. The molecule has 0 spiro atoms. The highest BCUT2D eigenvalue weighted by molar-refractivity contribution is 6.33. The largest absolute Gasteiger partial charge is 0.378 e. The minimum atomic E-state index is -1.13. The summed E-state index contributed by atoms with van der Waals surface area (Å²) in [6.45, 7) is 3.81. The van der Waals surface area contributed by atoms with Crippen LogP contribution in [0.1, 0.15) is 10.4 Å². The Hall–Kier alpha value is -2.98. The lowest BCUT2D eigenvalue weighted by Crippen LogP contribution is -2.49. The van der Waals surface area contributed by atoms with Gasteiger partial charge in [-0.3, -0.25) is 14.9 Å². The van der Waals surface area contributed by atoms with Crippen molar-refractivity contribution in [1.82, 2.24) is 4.90 Å². The zero-order valence-corrected chi connectivity index (χ0v) is 17.9. The van der Waals surface area contributed by atoms with Crippen LogP contribution in [0, 0.1) is 21.7 Å². The van der Waals surface area contributed by atoms with Gasteiger partial charge in [-0.15, -0.1) is 0 Å². The van der Waals surface area contributed by atoms with Gasteiger partial charge in [0, 0.05) is 51.0 Å². The first-order valence-electron chi connectivity index (χ1n) is 10.1. The van der Waals surface area contributed by atoms with Crippen LogP contribution in [0.3, 0.4) is 0 Å². The van der Waals surface area contributed by atoms with Crippen LogP contribution in [-0.2, 0) is 4.74 Å². The van der Waals surface area contributed by atoms with Crippen molar-refractivity contribution in [3.8, 4) is 0 Å². The highest BCUT2D eigenvalue weighted by Crippen LogP contribution is 2.33. The molecule has 0 unspecified atom stereocenters. The third kappa shape index (κ3) is 4.46. The number of piperazine rings is 1. The van der Waals surface area contributed by atoms with E-state index in [0.717, 1.165) is 17.8 Å². The van der Waals surface area contributed by atoms with Gasteiger partial charge in [-0.2, -0.15) is 0 Å². The average molecular weight is 467 g/mol. The number of morpholine rings is 1. The Bertz CT molecular complexity index is 1040. The molecule has 0 aliphatic carbocycles. The van der Waals surface area contributed by atoms with E-state index in [4.69, 9.17) is 16.3 Å². The second kappa shape index (κ2) is 9.25. The van der Waals surface area contributed by atoms with Gasteiger partial charge in [0.05, 0.1) is 28.7 Å². The van der Waals surface area contributed by atoms with Gasteiger partial charge in [0.15, 0.2) is 11.6 Å². The number of halogens is 3. The van der Waals surface area contributed by atoms with Gasteiger partial charge in [-0.05, 0) is 24.3 Å². The predicted molar refractivity (Wildman–Crippen MR) is 116 cm³/mol. The van der Waals surface area contributed by atoms with Crippen LogP contribution < -0.4 is 9.80 Å². The van der Waals surface area contributed by atoms with Gasteiger partial charge in [-0.1, -0.05) is 11.6 Å². The van der Waals surface area contributed by atoms with Crippen LogP contribution in [0.15, 0.2) is 30.3 Å². The van der Waals surface area contributed by atoms with Gasteiger partial charge in [0.1, 0.15) is 5.69 Å². The first-order valence-corrected chi connectivity index (χ1v) is 10.5. The summed E-state index contributed by atoms with van der Waals surface area (Å²) >= 11 is 5.94. The van der Waals surface area contributed by atoms with Gasteiger partial charge in [0.25, 0.3) is 11.6 Å². The van der Waals surface area contributed by atoms with Crippen LogP contribution in [0.2, 0.25) is 5.02 Å². The van der Waals surface area contributed by atoms with E-state index in [1.54, 1.807) is 12.1 Å². The van der Waals surface area contributed by atoms with Crippen molar-refractivity contribution in [3.05, 3.63) is 62.7 Å². The van der Waals surface area contributed by atoms with E-state index < -0.39 is 22.5 Å². The average Bonchev–Trinajstić information content (AvgIpc) is 2.81. The summed E-state index contributed by atoms with van der Waals surface area (Å²) < 4.78 is 32.2. The lowest BCUT2D eigenvalue weighted by atomic mass is 10.1. The fourth-order valence-corrected chi connectivity index (χ4v) is 4.18. The third-order valence-corrected chi connectivity index (χ3v) is 5.99. The standard InChI is InChI=1S/C21H21ClF2N4O4/c22-16-13-18(24)17(23)12-15(16)21(29)27-5-3-25(4-6-27)14-1-2-19(28(30)31)20(11-14)26-7-9-32-10-8-26/h1-2,11-13H,3-10H2. The number of anilines is 2. The van der Waals surface area contributed by atoms with Gasteiger partial charge in [0.2, 0.25) is 0 Å². The van der Waals surface area contributed by atoms with E-state index in [1.165, 1.54) is 11.0 Å². The Morgan fingerprint density at radius 3 is 2.28 bits per heavy atom. The van der Waals surface area contributed by atoms with Gasteiger partial charge >= 0.3 is 0 Å². The number of carbonyl (C=O) groups is 1. The molecule has 11 heteroatoms. The second-order valence-corrected chi connectivity index (χ2v) is 7.96. The molecule has 2 heterocycles. The number of ether oxygens (including phenoxy) is 1. The van der Waals surface area contributed by atoms with Crippen molar-refractivity contribution >= 4 is 34.6 Å². The molecule has 4 rings (SSSR count). The fraction of sp³-hybridized carbons (Fsp3) is 0.381. The van der Waals surface area contributed by atoms with Crippen LogP contribution in [0.25, 0.3) is 0 Å². The van der Waals surface area contributed by atoms with E-state index in [-0.39, 0.29) is 16.3 Å². The number of nitrogens with zero attached hydrogens (tertiary/aromatic N) is 4. The summed E-state index contributed by atoms with van der Waals surface area (Å²) in [5, 5.41) is 11.4. The maximum Gasteiger partial charge on any atom is 0.292 e. The highest BCUT2D eigenvalue weighted by atomic mass is 35.5. The third-order valence-electron chi connectivity index (χ3n) is 5.68. The number of hydrogen-bond acceptors (Lipinski definition) is 6. The van der Waals surface area contributed by atoms with E-state index >= 15 is 0 Å². The molecule has 0 radical (unpaired) electrons. The number of amides is 1. The molecule has 0 bridgehead atoms. The molecular weight excluding hydrogens is 446 g/mol. The molecular formula is C21H21ClF2N4O4. The van der Waals surface area contributed by atoms with Crippen molar-refractivity contribution in [1.29, 1.82) is 0 Å². The van der Waals surface area contributed by atoms with Crippen LogP contribution in [0.4, 0.5) is 25.8 Å². The topological polar surface area (TPSA) is 79.2 Å². The van der Waals surface area contributed by atoms with Crippen molar-refractivity contribution in [2.24, 2.45) is 0 Å². The van der Waals surface area contributed by atoms with E-state index in [0.29, 0.717) is 58.2 Å². The monoisotopic (exact) mass is 466 g/mol. The zero-order valence-electron chi connectivity index (χ0n) is 17.1. The molecule has 0 saturated carbocycles. The van der Waals surface area contributed by atoms with Crippen molar-refractivity contribution < 1.29 is 23.2 Å². The van der Waals surface area contributed by atoms with E-state index in [9.17, 15) is 23.7 Å². The molecule has 0 N–H and O–H groups in total. The second-order valence-electron chi connectivity index (χ2n) is 7.55. The SMILES string of the molecule is O=C(c1cc(F)c(F)cc1Cl)N1CCN(c2ccc([N+](=O)[O-])c(N3CCOCC3)c2)CC1. The lowest BCUT2D eigenvalue weighted by Gasteiger charge is -2.37. The number of nitro benzene ring substituents is 1. The van der Waals surface area contributed by atoms with Crippen LogP contribution in [0.5, 0.6) is 0 Å². The Balaban J connectivity index is 1.49. The molecule has 0 atom stereocenters. The Morgan fingerprint density at radius 1 is 0.969 bits per heavy atom. The molecule has 2 saturated heterocycles. The maximum absolute atomic E-state index is 13.6. The molecule has 2 aliphatic rings. The summed E-state index contributed by atoms with van der Waals surface area (Å²) in [5.74, 6) is -2.70. The van der Waals surface area contributed by atoms with E-state index in [1.807, 2.05) is 9.80 Å². The minimum Gasteiger partial charge on any atom is -0.378 e. The number of carbonyl (C=O) groups excluding carboxylic acids is 1. The Kier molecular flexibility index (Phi) is 6.43. The Morgan fingerprint density at radius 2 is 1.62 bits per heavy atom. The number of hydrogen-bond donors (Lipinski definition) is 0. The summed E-state index contributed by atoms with van der Waals surface area (Å²) in [7, 11) is 0. The first-order chi connectivity index (χ1) is 15.3. The molecule has 1 amide bonds. The molecule has 8 nitrogen and oxygen atoms in total. The summed E-state index contributed by atoms with van der Waals surface area (Å²) in [6.07, 6.45) is 0. The zero-order chi connectivity index (χ0) is 22.8. The summed E-state index contributed by atoms with van der Waals surface area (Å²) in [6, 6.07) is 6.61. The summed E-state index contributed by atoms with van der Waals surface area (Å²) in [4.78, 5) is 29.4. The predicted octanol–water partition coefficient (Wildman–Crippen LogP) is 3.33. The maximum atomic E-state index is 13.6. The van der Waals surface area contributed by atoms with Gasteiger partial charge < -0.3 is 19.4 Å². The van der Waals surface area contributed by atoms with Crippen molar-refractivity contribution in [2.75, 3.05) is 62.3 Å². The molecule has 2 aliphatic heterocycles. The molecule has 2 aromatic carbocycles. The molecule has 0 aromatic heterocycles. The first kappa shape index (κ1) is 22.2. The molecule has 2 fully saturated rings. The van der Waals surface area contributed by atoms with Crippen molar-refractivity contribution in [2.45, 2.75) is 0 Å².